The van der Waals surface area contributed by atoms with Gasteiger partial charge in [0.15, 0.2) is 5.69 Å². The number of hydrogen-bond donors (Lipinski definition) is 1. The van der Waals surface area contributed by atoms with E-state index >= 15 is 0 Å². The van der Waals surface area contributed by atoms with Crippen molar-refractivity contribution in [3.05, 3.63) is 47.0 Å². The summed E-state index contributed by atoms with van der Waals surface area (Å²) in [6.07, 6.45) is 3.87. The fourth-order valence-corrected chi connectivity index (χ4v) is 4.35. The third-order valence-corrected chi connectivity index (χ3v) is 5.84. The van der Waals surface area contributed by atoms with E-state index in [-0.39, 0.29) is 17.9 Å². The summed E-state index contributed by atoms with van der Waals surface area (Å²) in [7, 11) is 0. The highest BCUT2D eigenvalue weighted by molar-refractivity contribution is 7.03. The molecule has 6 nitrogen and oxygen atoms in total. The highest BCUT2D eigenvalue weighted by Gasteiger charge is 2.39. The lowest BCUT2D eigenvalue weighted by molar-refractivity contribution is -0.128. The minimum atomic E-state index is -0.706. The zero-order valence-electron chi connectivity index (χ0n) is 17.6. The van der Waals surface area contributed by atoms with Gasteiger partial charge in [0.25, 0.3) is 5.91 Å². The standard InChI is InChI=1S/C22H30N4O2S/c1-15-10-12-17(13-11-15)26(21(28)18-14-29-25-24-18)19(16-8-6-5-7-9-16)20(27)23-22(2,3)4/h5-9,14-15,17,19H,10-13H2,1-4H3,(H,23,27)/t15?,17?,19-/m1/s1. The van der Waals surface area contributed by atoms with Crippen molar-refractivity contribution in [2.45, 2.75) is 71.0 Å². The Morgan fingerprint density at radius 3 is 2.34 bits per heavy atom. The first kappa shape index (κ1) is 21.4. The molecule has 1 aromatic heterocycles. The summed E-state index contributed by atoms with van der Waals surface area (Å²) in [4.78, 5) is 28.7. The molecule has 0 aliphatic heterocycles. The van der Waals surface area contributed by atoms with E-state index in [1.807, 2.05) is 51.1 Å². The average molecular weight is 415 g/mol. The van der Waals surface area contributed by atoms with Gasteiger partial charge in [-0.05, 0) is 69.5 Å². The highest BCUT2D eigenvalue weighted by atomic mass is 32.1. The van der Waals surface area contributed by atoms with Crippen molar-refractivity contribution >= 4 is 23.3 Å². The molecule has 0 unspecified atom stereocenters. The highest BCUT2D eigenvalue weighted by Crippen LogP contribution is 2.34. The molecule has 1 N–H and O–H groups in total. The van der Waals surface area contributed by atoms with E-state index in [2.05, 4.69) is 21.8 Å². The summed E-state index contributed by atoms with van der Waals surface area (Å²) in [6, 6.07) is 8.85. The van der Waals surface area contributed by atoms with Gasteiger partial charge in [0.05, 0.1) is 0 Å². The van der Waals surface area contributed by atoms with Crippen molar-refractivity contribution < 1.29 is 9.59 Å². The van der Waals surface area contributed by atoms with Gasteiger partial charge in [-0.25, -0.2) is 0 Å². The van der Waals surface area contributed by atoms with Gasteiger partial charge >= 0.3 is 0 Å². The minimum absolute atomic E-state index is 0.00340. The van der Waals surface area contributed by atoms with E-state index in [0.29, 0.717) is 11.6 Å². The molecule has 1 fully saturated rings. The molecular weight excluding hydrogens is 384 g/mol. The Morgan fingerprint density at radius 1 is 1.14 bits per heavy atom. The molecule has 1 saturated carbocycles. The summed E-state index contributed by atoms with van der Waals surface area (Å²) >= 11 is 1.15. The fourth-order valence-electron chi connectivity index (χ4n) is 3.92. The van der Waals surface area contributed by atoms with Gasteiger partial charge in [-0.15, -0.1) is 5.10 Å². The van der Waals surface area contributed by atoms with E-state index in [9.17, 15) is 9.59 Å². The first-order chi connectivity index (χ1) is 13.8. The first-order valence-electron chi connectivity index (χ1n) is 10.2. The van der Waals surface area contributed by atoms with E-state index in [1.54, 1.807) is 10.3 Å². The summed E-state index contributed by atoms with van der Waals surface area (Å²) in [5.74, 6) is 0.248. The molecule has 29 heavy (non-hydrogen) atoms. The molecule has 1 aliphatic rings. The molecule has 2 aromatic rings. The van der Waals surface area contributed by atoms with Crippen LogP contribution in [0.1, 0.15) is 75.5 Å². The molecule has 1 atom stereocenters. The third-order valence-electron chi connectivity index (χ3n) is 5.33. The Kier molecular flexibility index (Phi) is 6.67. The number of amides is 2. The van der Waals surface area contributed by atoms with Gasteiger partial charge < -0.3 is 10.2 Å². The summed E-state index contributed by atoms with van der Waals surface area (Å²) in [6.45, 7) is 8.09. The van der Waals surface area contributed by atoms with Gasteiger partial charge in [-0.3, -0.25) is 9.59 Å². The van der Waals surface area contributed by atoms with Crippen molar-refractivity contribution in [2.75, 3.05) is 0 Å². The van der Waals surface area contributed by atoms with Crippen LogP contribution < -0.4 is 5.32 Å². The predicted molar refractivity (Wildman–Crippen MR) is 115 cm³/mol. The molecule has 0 saturated heterocycles. The molecule has 0 spiro atoms. The number of nitrogens with one attached hydrogen (secondary N) is 1. The second kappa shape index (κ2) is 9.03. The van der Waals surface area contributed by atoms with Crippen LogP contribution in [0.25, 0.3) is 0 Å². The van der Waals surface area contributed by atoms with Crippen LogP contribution in [0.2, 0.25) is 0 Å². The number of aromatic nitrogens is 2. The number of rotatable bonds is 5. The lowest BCUT2D eigenvalue weighted by Gasteiger charge is -2.41. The van der Waals surface area contributed by atoms with E-state index in [0.717, 1.165) is 42.8 Å². The maximum Gasteiger partial charge on any atom is 0.276 e. The minimum Gasteiger partial charge on any atom is -0.349 e. The zero-order chi connectivity index (χ0) is 21.0. The van der Waals surface area contributed by atoms with Gasteiger partial charge in [0.2, 0.25) is 5.91 Å². The molecule has 1 aliphatic carbocycles. The van der Waals surface area contributed by atoms with Crippen LogP contribution in [0, 0.1) is 5.92 Å². The Bertz CT molecular complexity index is 809. The molecular formula is C22H30N4O2S. The molecule has 3 rings (SSSR count). The Morgan fingerprint density at radius 2 is 1.79 bits per heavy atom. The van der Waals surface area contributed by atoms with Crippen LogP contribution >= 0.6 is 11.5 Å². The lowest BCUT2D eigenvalue weighted by Crippen LogP contribution is -2.53. The van der Waals surface area contributed by atoms with Crippen LogP contribution in [0.3, 0.4) is 0 Å². The smallest absolute Gasteiger partial charge is 0.276 e. The van der Waals surface area contributed by atoms with Gasteiger partial charge in [-0.2, -0.15) is 0 Å². The fraction of sp³-hybridized carbons (Fsp3) is 0.545. The van der Waals surface area contributed by atoms with Crippen LogP contribution in [-0.2, 0) is 4.79 Å². The number of nitrogens with zero attached hydrogens (tertiary/aromatic N) is 3. The predicted octanol–water partition coefficient (Wildman–Crippen LogP) is 4.22. The quantitative estimate of drug-likeness (QED) is 0.795. The second-order valence-corrected chi connectivity index (χ2v) is 9.58. The summed E-state index contributed by atoms with van der Waals surface area (Å²) in [5, 5.41) is 8.74. The van der Waals surface area contributed by atoms with E-state index in [1.165, 1.54) is 0 Å². The number of benzene rings is 1. The van der Waals surface area contributed by atoms with Gasteiger partial charge in [-0.1, -0.05) is 41.7 Å². The zero-order valence-corrected chi connectivity index (χ0v) is 18.4. The van der Waals surface area contributed by atoms with Crippen LogP contribution in [-0.4, -0.2) is 37.9 Å². The summed E-state index contributed by atoms with van der Waals surface area (Å²) < 4.78 is 3.86. The topological polar surface area (TPSA) is 75.2 Å². The molecule has 7 heteroatoms. The second-order valence-electron chi connectivity index (χ2n) is 8.97. The first-order valence-corrected chi connectivity index (χ1v) is 11.1. The van der Waals surface area contributed by atoms with Crippen molar-refractivity contribution in [1.82, 2.24) is 19.8 Å². The SMILES string of the molecule is CC1CCC(N(C(=O)c2csnn2)[C@@H](C(=O)NC(C)(C)C)c2ccccc2)CC1. The Balaban J connectivity index is 2.03. The monoisotopic (exact) mass is 414 g/mol. The van der Waals surface area contributed by atoms with E-state index in [4.69, 9.17) is 0 Å². The van der Waals surface area contributed by atoms with Gasteiger partial charge in [0, 0.05) is 17.0 Å². The Hall–Kier alpha value is -2.28. The maximum absolute atomic E-state index is 13.5. The van der Waals surface area contributed by atoms with Crippen molar-refractivity contribution in [3.8, 4) is 0 Å². The van der Waals surface area contributed by atoms with Crippen LogP contribution in [0.5, 0.6) is 0 Å². The molecule has 2 amide bonds. The molecule has 1 aromatic carbocycles. The Labute approximate surface area is 176 Å². The van der Waals surface area contributed by atoms with Crippen LogP contribution in [0.4, 0.5) is 0 Å². The summed E-state index contributed by atoms with van der Waals surface area (Å²) in [5.41, 5.74) is 0.713. The van der Waals surface area contributed by atoms with Crippen molar-refractivity contribution in [2.24, 2.45) is 5.92 Å². The largest absolute Gasteiger partial charge is 0.349 e. The molecule has 1 heterocycles. The number of carbonyl (C=O) groups excluding carboxylic acids is 2. The van der Waals surface area contributed by atoms with E-state index < -0.39 is 11.6 Å². The molecule has 0 radical (unpaired) electrons. The average Bonchev–Trinajstić information content (AvgIpc) is 3.20. The van der Waals surface area contributed by atoms with Crippen LogP contribution in [0.15, 0.2) is 35.7 Å². The van der Waals surface area contributed by atoms with Gasteiger partial charge in [0.1, 0.15) is 6.04 Å². The number of carbonyl (C=O) groups is 2. The van der Waals surface area contributed by atoms with Crippen molar-refractivity contribution in [1.29, 1.82) is 0 Å². The lowest BCUT2D eigenvalue weighted by atomic mass is 9.85. The molecule has 156 valence electrons. The normalized spacial score (nSPS) is 20.7. The van der Waals surface area contributed by atoms with Crippen molar-refractivity contribution in [3.63, 3.8) is 0 Å². The number of hydrogen-bond acceptors (Lipinski definition) is 5. The molecule has 0 bridgehead atoms. The maximum atomic E-state index is 13.5. The third kappa shape index (κ3) is 5.41.